The van der Waals surface area contributed by atoms with Crippen molar-refractivity contribution < 1.29 is 0 Å². The van der Waals surface area contributed by atoms with Crippen LogP contribution in [0.3, 0.4) is 0 Å². The van der Waals surface area contributed by atoms with Gasteiger partial charge < -0.3 is 5.73 Å². The topological polar surface area (TPSA) is 64.7 Å². The molecular weight excluding hydrogens is 188 g/mol. The molecule has 0 aliphatic carbocycles. The van der Waals surface area contributed by atoms with E-state index in [0.29, 0.717) is 6.54 Å². The fourth-order valence-corrected chi connectivity index (χ4v) is 1.50. The lowest BCUT2D eigenvalue weighted by molar-refractivity contribution is 0.776. The zero-order valence-corrected chi connectivity index (χ0v) is 8.24. The summed E-state index contributed by atoms with van der Waals surface area (Å²) in [5, 5.41) is 0. The van der Waals surface area contributed by atoms with Gasteiger partial charge in [-0.05, 0) is 17.7 Å². The van der Waals surface area contributed by atoms with Crippen molar-refractivity contribution in [2.24, 2.45) is 5.73 Å². The van der Waals surface area contributed by atoms with Crippen LogP contribution in [0.15, 0.2) is 43.1 Å². The molecule has 15 heavy (non-hydrogen) atoms. The van der Waals surface area contributed by atoms with E-state index in [2.05, 4.69) is 15.0 Å². The quantitative estimate of drug-likeness (QED) is 0.801. The standard InChI is InChI=1S/C11H12N4/c12-5-10(9-6-13-8-14-7-9)11-3-1-2-4-15-11/h1-4,6-8,10H,5,12H2. The lowest BCUT2D eigenvalue weighted by Crippen LogP contribution is -2.15. The van der Waals surface area contributed by atoms with Crippen LogP contribution in [0.5, 0.6) is 0 Å². The Hall–Kier alpha value is -1.81. The summed E-state index contributed by atoms with van der Waals surface area (Å²) in [5.74, 6) is 0.0763. The van der Waals surface area contributed by atoms with Crippen LogP contribution in [-0.4, -0.2) is 21.5 Å². The van der Waals surface area contributed by atoms with Crippen LogP contribution in [-0.2, 0) is 0 Å². The molecule has 2 heterocycles. The number of hydrogen-bond donors (Lipinski definition) is 1. The van der Waals surface area contributed by atoms with Gasteiger partial charge in [-0.15, -0.1) is 0 Å². The Labute approximate surface area is 88.2 Å². The number of hydrogen-bond acceptors (Lipinski definition) is 4. The summed E-state index contributed by atoms with van der Waals surface area (Å²) < 4.78 is 0. The van der Waals surface area contributed by atoms with E-state index in [1.807, 2.05) is 18.2 Å². The normalized spacial score (nSPS) is 12.3. The predicted octanol–water partition coefficient (Wildman–Crippen LogP) is 0.962. The summed E-state index contributed by atoms with van der Waals surface area (Å²) in [7, 11) is 0. The van der Waals surface area contributed by atoms with E-state index in [9.17, 15) is 0 Å². The first-order chi connectivity index (χ1) is 7.42. The summed E-state index contributed by atoms with van der Waals surface area (Å²) in [6.07, 6.45) is 6.83. The Morgan fingerprint density at radius 2 is 2.00 bits per heavy atom. The SMILES string of the molecule is NCC(c1cncnc1)c1ccccn1. The Morgan fingerprint density at radius 1 is 1.20 bits per heavy atom. The van der Waals surface area contributed by atoms with Crippen LogP contribution in [0.4, 0.5) is 0 Å². The molecule has 2 aromatic heterocycles. The zero-order chi connectivity index (χ0) is 10.5. The molecule has 0 fully saturated rings. The minimum Gasteiger partial charge on any atom is -0.329 e. The largest absolute Gasteiger partial charge is 0.329 e. The fourth-order valence-electron chi connectivity index (χ4n) is 1.50. The Kier molecular flexibility index (Phi) is 2.99. The molecule has 2 N–H and O–H groups in total. The molecule has 0 aliphatic rings. The molecule has 2 rings (SSSR count). The Morgan fingerprint density at radius 3 is 2.60 bits per heavy atom. The van der Waals surface area contributed by atoms with Gasteiger partial charge in [0.05, 0.1) is 0 Å². The molecule has 0 spiro atoms. The highest BCUT2D eigenvalue weighted by Gasteiger charge is 2.13. The summed E-state index contributed by atoms with van der Waals surface area (Å²) in [5.41, 5.74) is 7.69. The van der Waals surface area contributed by atoms with E-state index >= 15 is 0 Å². The molecule has 4 heteroatoms. The molecule has 0 saturated heterocycles. The second-order valence-electron chi connectivity index (χ2n) is 3.21. The van der Waals surface area contributed by atoms with Crippen molar-refractivity contribution in [1.82, 2.24) is 15.0 Å². The molecular formula is C11H12N4. The van der Waals surface area contributed by atoms with E-state index < -0.39 is 0 Å². The summed E-state index contributed by atoms with van der Waals surface area (Å²) in [6, 6.07) is 5.80. The number of nitrogens with zero attached hydrogens (tertiary/aromatic N) is 3. The maximum absolute atomic E-state index is 5.74. The van der Waals surface area contributed by atoms with E-state index in [0.717, 1.165) is 11.3 Å². The van der Waals surface area contributed by atoms with Gasteiger partial charge >= 0.3 is 0 Å². The summed E-state index contributed by atoms with van der Waals surface area (Å²) in [4.78, 5) is 12.3. The van der Waals surface area contributed by atoms with Gasteiger partial charge in [0.2, 0.25) is 0 Å². The highest BCUT2D eigenvalue weighted by atomic mass is 14.8. The van der Waals surface area contributed by atoms with Gasteiger partial charge in [0.1, 0.15) is 6.33 Å². The number of aromatic nitrogens is 3. The first kappa shape index (κ1) is 9.73. The van der Waals surface area contributed by atoms with E-state index in [-0.39, 0.29) is 5.92 Å². The van der Waals surface area contributed by atoms with Gasteiger partial charge in [0.25, 0.3) is 0 Å². The fraction of sp³-hybridized carbons (Fsp3) is 0.182. The van der Waals surface area contributed by atoms with Crippen molar-refractivity contribution >= 4 is 0 Å². The highest BCUT2D eigenvalue weighted by molar-refractivity contribution is 5.24. The second-order valence-corrected chi connectivity index (χ2v) is 3.21. The molecule has 1 unspecified atom stereocenters. The monoisotopic (exact) mass is 200 g/mol. The number of nitrogens with two attached hydrogens (primary N) is 1. The molecule has 0 amide bonds. The number of pyridine rings is 1. The third-order valence-electron chi connectivity index (χ3n) is 2.26. The average molecular weight is 200 g/mol. The van der Waals surface area contributed by atoms with Crippen LogP contribution in [0, 0.1) is 0 Å². The van der Waals surface area contributed by atoms with Crippen molar-refractivity contribution in [1.29, 1.82) is 0 Å². The molecule has 0 saturated carbocycles. The minimum absolute atomic E-state index is 0.0763. The third kappa shape index (κ3) is 2.16. The lowest BCUT2D eigenvalue weighted by Gasteiger charge is -2.13. The molecule has 0 bridgehead atoms. The maximum atomic E-state index is 5.74. The lowest BCUT2D eigenvalue weighted by atomic mass is 9.98. The highest BCUT2D eigenvalue weighted by Crippen LogP contribution is 2.19. The smallest absolute Gasteiger partial charge is 0.115 e. The van der Waals surface area contributed by atoms with Gasteiger partial charge in [0, 0.05) is 36.7 Å². The van der Waals surface area contributed by atoms with Crippen LogP contribution in [0.25, 0.3) is 0 Å². The van der Waals surface area contributed by atoms with Crippen LogP contribution in [0.2, 0.25) is 0 Å². The van der Waals surface area contributed by atoms with E-state index in [1.165, 1.54) is 6.33 Å². The van der Waals surface area contributed by atoms with Gasteiger partial charge in [0.15, 0.2) is 0 Å². The molecule has 0 aromatic carbocycles. The van der Waals surface area contributed by atoms with E-state index in [1.54, 1.807) is 18.6 Å². The third-order valence-corrected chi connectivity index (χ3v) is 2.26. The van der Waals surface area contributed by atoms with E-state index in [4.69, 9.17) is 5.73 Å². The van der Waals surface area contributed by atoms with Crippen LogP contribution in [0.1, 0.15) is 17.2 Å². The van der Waals surface area contributed by atoms with Crippen molar-refractivity contribution in [3.63, 3.8) is 0 Å². The maximum Gasteiger partial charge on any atom is 0.115 e. The van der Waals surface area contributed by atoms with Crippen LogP contribution < -0.4 is 5.73 Å². The van der Waals surface area contributed by atoms with Crippen molar-refractivity contribution in [2.75, 3.05) is 6.54 Å². The second kappa shape index (κ2) is 4.61. The molecule has 76 valence electrons. The molecule has 0 aliphatic heterocycles. The Balaban J connectivity index is 2.34. The predicted molar refractivity (Wildman–Crippen MR) is 57.2 cm³/mol. The number of rotatable bonds is 3. The summed E-state index contributed by atoms with van der Waals surface area (Å²) >= 11 is 0. The van der Waals surface area contributed by atoms with Gasteiger partial charge in [-0.25, -0.2) is 9.97 Å². The first-order valence-electron chi connectivity index (χ1n) is 4.77. The van der Waals surface area contributed by atoms with Crippen LogP contribution >= 0.6 is 0 Å². The Bertz CT molecular complexity index is 362. The zero-order valence-electron chi connectivity index (χ0n) is 8.24. The van der Waals surface area contributed by atoms with Crippen molar-refractivity contribution in [3.05, 3.63) is 54.4 Å². The summed E-state index contributed by atoms with van der Waals surface area (Å²) in [6.45, 7) is 0.504. The first-order valence-corrected chi connectivity index (χ1v) is 4.77. The van der Waals surface area contributed by atoms with Crippen molar-refractivity contribution in [3.8, 4) is 0 Å². The van der Waals surface area contributed by atoms with Gasteiger partial charge in [-0.3, -0.25) is 4.98 Å². The molecule has 4 nitrogen and oxygen atoms in total. The molecule has 2 aromatic rings. The molecule has 1 atom stereocenters. The van der Waals surface area contributed by atoms with Crippen molar-refractivity contribution in [2.45, 2.75) is 5.92 Å². The van der Waals surface area contributed by atoms with Gasteiger partial charge in [-0.2, -0.15) is 0 Å². The minimum atomic E-state index is 0.0763. The van der Waals surface area contributed by atoms with Gasteiger partial charge in [-0.1, -0.05) is 6.07 Å². The average Bonchev–Trinajstić information content (AvgIpc) is 2.33. The molecule has 0 radical (unpaired) electrons.